The Balaban J connectivity index is 1.83. The Morgan fingerprint density at radius 3 is 2.45 bits per heavy atom. The van der Waals surface area contributed by atoms with E-state index in [1.54, 1.807) is 36.4 Å². The number of amides is 1. The van der Waals surface area contributed by atoms with E-state index >= 15 is 0 Å². The molecule has 0 aliphatic rings. The highest BCUT2D eigenvalue weighted by Crippen LogP contribution is 2.29. The van der Waals surface area contributed by atoms with E-state index in [0.717, 1.165) is 6.07 Å². The molecule has 0 aromatic heterocycles. The van der Waals surface area contributed by atoms with Gasteiger partial charge >= 0.3 is 5.97 Å². The van der Waals surface area contributed by atoms with Crippen LogP contribution in [0, 0.1) is 5.82 Å². The highest BCUT2D eigenvalue weighted by atomic mass is 35.5. The van der Waals surface area contributed by atoms with Crippen molar-refractivity contribution in [3.8, 4) is 22.6 Å². The van der Waals surface area contributed by atoms with Gasteiger partial charge in [0.1, 0.15) is 17.3 Å². The van der Waals surface area contributed by atoms with E-state index in [9.17, 15) is 19.1 Å². The van der Waals surface area contributed by atoms with E-state index < -0.39 is 11.8 Å². The molecule has 3 aromatic rings. The Bertz CT molecular complexity index is 1200. The summed E-state index contributed by atoms with van der Waals surface area (Å²) in [5, 5.41) is 12.3. The maximum atomic E-state index is 13.9. The number of halogens is 2. The summed E-state index contributed by atoms with van der Waals surface area (Å²) in [5.74, 6) is -1.19. The van der Waals surface area contributed by atoms with Gasteiger partial charge in [-0.15, -0.1) is 0 Å². The second kappa shape index (κ2) is 10.4. The number of ether oxygens (including phenoxy) is 2. The minimum Gasteiger partial charge on any atom is -0.496 e. The van der Waals surface area contributed by atoms with Gasteiger partial charge in [0.25, 0.3) is 5.91 Å². The molecule has 0 heterocycles. The lowest BCUT2D eigenvalue weighted by Crippen LogP contribution is -2.23. The summed E-state index contributed by atoms with van der Waals surface area (Å²) >= 11 is 6.26. The number of carboxylic acids is 1. The van der Waals surface area contributed by atoms with Crippen LogP contribution in [-0.4, -0.2) is 30.2 Å². The summed E-state index contributed by atoms with van der Waals surface area (Å²) in [7, 11) is 1.50. The van der Waals surface area contributed by atoms with Crippen molar-refractivity contribution in [1.82, 2.24) is 5.32 Å². The van der Waals surface area contributed by atoms with Gasteiger partial charge in [0, 0.05) is 12.1 Å². The van der Waals surface area contributed by atoms with Gasteiger partial charge in [-0.1, -0.05) is 17.7 Å². The minimum atomic E-state index is -1.22. The van der Waals surface area contributed by atoms with Gasteiger partial charge < -0.3 is 19.9 Å². The van der Waals surface area contributed by atoms with Gasteiger partial charge in [0.05, 0.1) is 29.4 Å². The van der Waals surface area contributed by atoms with Gasteiger partial charge in [-0.3, -0.25) is 4.79 Å². The lowest BCUT2D eigenvalue weighted by atomic mass is 10.00. The van der Waals surface area contributed by atoms with E-state index in [0.29, 0.717) is 33.8 Å². The summed E-state index contributed by atoms with van der Waals surface area (Å²) in [5.41, 5.74) is 1.73. The van der Waals surface area contributed by atoms with Crippen LogP contribution in [0.3, 0.4) is 0 Å². The molecule has 6 nitrogen and oxygen atoms in total. The van der Waals surface area contributed by atoms with Crippen molar-refractivity contribution in [3.05, 3.63) is 82.1 Å². The van der Waals surface area contributed by atoms with Gasteiger partial charge in [0.2, 0.25) is 0 Å². The zero-order valence-corrected chi connectivity index (χ0v) is 19.1. The Hall–Kier alpha value is -3.58. The Kier molecular flexibility index (Phi) is 7.55. The van der Waals surface area contributed by atoms with Gasteiger partial charge in [-0.2, -0.15) is 0 Å². The van der Waals surface area contributed by atoms with E-state index in [1.165, 1.54) is 19.2 Å². The number of carbonyl (C=O) groups excluding carboxylic acids is 1. The van der Waals surface area contributed by atoms with Crippen LogP contribution in [0.1, 0.15) is 40.1 Å². The van der Waals surface area contributed by atoms with Crippen LogP contribution < -0.4 is 14.8 Å². The van der Waals surface area contributed by atoms with Crippen molar-refractivity contribution >= 4 is 23.5 Å². The number of methoxy groups -OCH3 is 1. The summed E-state index contributed by atoms with van der Waals surface area (Å²) < 4.78 is 24.9. The molecular formula is C25H23ClFNO5. The molecule has 0 radical (unpaired) electrons. The molecule has 3 aromatic carbocycles. The van der Waals surface area contributed by atoms with E-state index in [1.807, 2.05) is 13.8 Å². The molecule has 1 amide bonds. The molecule has 0 unspecified atom stereocenters. The van der Waals surface area contributed by atoms with Crippen molar-refractivity contribution in [1.29, 1.82) is 0 Å². The minimum absolute atomic E-state index is 0.0230. The fraction of sp³-hybridized carbons (Fsp3) is 0.200. The van der Waals surface area contributed by atoms with E-state index in [-0.39, 0.29) is 29.1 Å². The number of hydrogen-bond donors (Lipinski definition) is 2. The third-order valence-electron chi connectivity index (χ3n) is 4.75. The number of hydrogen-bond acceptors (Lipinski definition) is 4. The number of benzene rings is 3. The molecule has 0 saturated carbocycles. The average Bonchev–Trinajstić information content (AvgIpc) is 2.76. The smallest absolute Gasteiger partial charge is 0.335 e. The first-order chi connectivity index (χ1) is 15.7. The highest BCUT2D eigenvalue weighted by Gasteiger charge is 2.15. The number of carbonyl (C=O) groups is 2. The van der Waals surface area contributed by atoms with Gasteiger partial charge in [-0.05, 0) is 73.5 Å². The monoisotopic (exact) mass is 471 g/mol. The first-order valence-electron chi connectivity index (χ1n) is 10.1. The summed E-state index contributed by atoms with van der Waals surface area (Å²) in [6.07, 6.45) is -0.0230. The van der Waals surface area contributed by atoms with Crippen LogP contribution in [0.2, 0.25) is 5.02 Å². The van der Waals surface area contributed by atoms with Crippen LogP contribution in [0.5, 0.6) is 11.5 Å². The number of carboxylic acid groups (broad SMARTS) is 1. The van der Waals surface area contributed by atoms with Crippen molar-refractivity contribution in [3.63, 3.8) is 0 Å². The van der Waals surface area contributed by atoms with Crippen molar-refractivity contribution in [2.24, 2.45) is 0 Å². The van der Waals surface area contributed by atoms with Crippen LogP contribution in [-0.2, 0) is 6.54 Å². The molecular weight excluding hydrogens is 449 g/mol. The Morgan fingerprint density at radius 1 is 1.06 bits per heavy atom. The fourth-order valence-electron chi connectivity index (χ4n) is 3.27. The zero-order chi connectivity index (χ0) is 24.1. The topological polar surface area (TPSA) is 84.9 Å². The maximum absolute atomic E-state index is 13.9. The Labute approximate surface area is 195 Å². The fourth-order valence-corrected chi connectivity index (χ4v) is 3.53. The second-order valence-corrected chi connectivity index (χ2v) is 7.96. The number of nitrogens with one attached hydrogen (secondary N) is 1. The zero-order valence-electron chi connectivity index (χ0n) is 18.3. The molecule has 0 atom stereocenters. The predicted molar refractivity (Wildman–Crippen MR) is 124 cm³/mol. The third-order valence-corrected chi connectivity index (χ3v) is 5.07. The van der Waals surface area contributed by atoms with Gasteiger partial charge in [0.15, 0.2) is 0 Å². The summed E-state index contributed by atoms with van der Waals surface area (Å²) in [6.45, 7) is 3.89. The van der Waals surface area contributed by atoms with Crippen molar-refractivity contribution in [2.75, 3.05) is 7.11 Å². The molecule has 0 fully saturated rings. The molecule has 0 aliphatic heterocycles. The molecule has 172 valence electrons. The van der Waals surface area contributed by atoms with Crippen LogP contribution in [0.25, 0.3) is 11.1 Å². The molecule has 0 aliphatic carbocycles. The first-order valence-corrected chi connectivity index (χ1v) is 10.5. The average molecular weight is 472 g/mol. The molecule has 0 bridgehead atoms. The molecule has 8 heteroatoms. The predicted octanol–water partition coefficient (Wildman–Crippen LogP) is 5.57. The molecule has 33 heavy (non-hydrogen) atoms. The van der Waals surface area contributed by atoms with Crippen molar-refractivity contribution < 1.29 is 28.6 Å². The lowest BCUT2D eigenvalue weighted by molar-refractivity contribution is 0.0696. The largest absolute Gasteiger partial charge is 0.496 e. The number of aromatic carboxylic acids is 1. The summed E-state index contributed by atoms with van der Waals surface area (Å²) in [6, 6.07) is 13.5. The lowest BCUT2D eigenvalue weighted by Gasteiger charge is -2.14. The molecule has 3 rings (SSSR count). The van der Waals surface area contributed by atoms with Crippen LogP contribution in [0.15, 0.2) is 54.6 Å². The highest BCUT2D eigenvalue weighted by molar-refractivity contribution is 6.34. The van der Waals surface area contributed by atoms with E-state index in [4.69, 9.17) is 21.1 Å². The van der Waals surface area contributed by atoms with Crippen LogP contribution >= 0.6 is 11.6 Å². The molecule has 0 spiro atoms. The van der Waals surface area contributed by atoms with Gasteiger partial charge in [-0.25, -0.2) is 9.18 Å². The van der Waals surface area contributed by atoms with Crippen LogP contribution in [0.4, 0.5) is 4.39 Å². The first kappa shape index (κ1) is 24.1. The van der Waals surface area contributed by atoms with Crippen molar-refractivity contribution in [2.45, 2.75) is 26.5 Å². The van der Waals surface area contributed by atoms with E-state index in [2.05, 4.69) is 5.32 Å². The maximum Gasteiger partial charge on any atom is 0.335 e. The third kappa shape index (κ3) is 6.02. The normalized spacial score (nSPS) is 10.7. The quantitative estimate of drug-likeness (QED) is 0.448. The second-order valence-electron chi connectivity index (χ2n) is 7.55. The summed E-state index contributed by atoms with van der Waals surface area (Å²) in [4.78, 5) is 24.0. The Morgan fingerprint density at radius 2 is 1.82 bits per heavy atom. The SMILES string of the molecule is COc1ccc(-c2cc(F)cc(C(=O)O)c2)cc1CNC(=O)c1ccc(OC(C)C)cc1Cl. The standard InChI is InChI=1S/C25H23ClFNO5/c1-14(2)33-20-5-6-21(22(26)12-20)24(29)28-13-18-8-15(4-7-23(18)32-3)16-9-17(25(30)31)11-19(27)10-16/h4-12,14H,13H2,1-3H3,(H,28,29)(H,30,31). The molecule has 0 saturated heterocycles. The molecule has 2 N–H and O–H groups in total. The number of rotatable bonds is 8.